The average Bonchev–Trinajstić information content (AvgIpc) is 3.89. The summed E-state index contributed by atoms with van der Waals surface area (Å²) in [5.74, 6) is 0. The molecule has 2 aliphatic rings. The summed E-state index contributed by atoms with van der Waals surface area (Å²) in [6, 6.07) is 59.6. The summed E-state index contributed by atoms with van der Waals surface area (Å²) in [5.41, 5.74) is 13.5. The number of hydrogen-bond acceptors (Lipinski definition) is 1. The van der Waals surface area contributed by atoms with Crippen LogP contribution in [0.15, 0.2) is 174 Å². The maximum absolute atomic E-state index is 5.65. The van der Waals surface area contributed by atoms with Gasteiger partial charge in [-0.3, -0.25) is 0 Å². The van der Waals surface area contributed by atoms with Crippen molar-refractivity contribution in [2.24, 2.45) is 0 Å². The van der Waals surface area contributed by atoms with Crippen molar-refractivity contribution in [1.29, 1.82) is 0 Å². The van der Waals surface area contributed by atoms with Crippen molar-refractivity contribution in [3.8, 4) is 11.1 Å². The van der Waals surface area contributed by atoms with Crippen molar-refractivity contribution in [1.82, 2.24) is 0 Å². The largest absolute Gasteiger partial charge is 0.456 e. The van der Waals surface area contributed by atoms with Gasteiger partial charge in [-0.15, -0.1) is 0 Å². The highest BCUT2D eigenvalue weighted by Gasteiger charge is 2.16. The van der Waals surface area contributed by atoms with Gasteiger partial charge in [0.05, 0.1) is 0 Å². The SMILES string of the molecule is Cc1ccc2ccccc2c1C.c1cc2c3c(cccc3c1)CC2.c1ccc2c(c1)Cc1ccccc1-2.c1ccc2c(c1)oc1ccccc12. The Hall–Kier alpha value is -5.92. The van der Waals surface area contributed by atoms with Gasteiger partial charge in [-0.2, -0.15) is 0 Å². The third-order valence-electron chi connectivity index (χ3n) is 10.2. The summed E-state index contributed by atoms with van der Waals surface area (Å²) in [4.78, 5) is 0. The van der Waals surface area contributed by atoms with Gasteiger partial charge in [0.15, 0.2) is 0 Å². The maximum Gasteiger partial charge on any atom is 0.135 e. The lowest BCUT2D eigenvalue weighted by Gasteiger charge is -2.04. The molecule has 242 valence electrons. The fraction of sp³-hybridized carbons (Fsp3) is 0.102. The van der Waals surface area contributed by atoms with E-state index in [1.807, 2.05) is 36.4 Å². The summed E-state index contributed by atoms with van der Waals surface area (Å²) < 4.78 is 5.65. The first kappa shape index (κ1) is 31.4. The van der Waals surface area contributed by atoms with Crippen LogP contribution in [0.5, 0.6) is 0 Å². The van der Waals surface area contributed by atoms with E-state index in [0.717, 1.165) is 17.6 Å². The van der Waals surface area contributed by atoms with Gasteiger partial charge < -0.3 is 4.42 Å². The van der Waals surface area contributed by atoms with E-state index in [-0.39, 0.29) is 0 Å². The smallest absolute Gasteiger partial charge is 0.135 e. The van der Waals surface area contributed by atoms with Crippen LogP contribution < -0.4 is 0 Å². The van der Waals surface area contributed by atoms with Crippen LogP contribution in [0, 0.1) is 13.8 Å². The van der Waals surface area contributed by atoms with Gasteiger partial charge in [-0.25, -0.2) is 0 Å². The molecule has 0 aliphatic heterocycles. The molecule has 9 aromatic rings. The first-order valence-corrected chi connectivity index (χ1v) is 17.6. The molecular formula is C49H40O. The molecule has 0 spiro atoms. The molecule has 0 fully saturated rings. The van der Waals surface area contributed by atoms with Crippen LogP contribution in [0.1, 0.15) is 33.4 Å². The highest BCUT2D eigenvalue weighted by Crippen LogP contribution is 2.36. The van der Waals surface area contributed by atoms with E-state index in [1.165, 1.54) is 89.7 Å². The molecule has 11 rings (SSSR count). The van der Waals surface area contributed by atoms with Gasteiger partial charge in [0, 0.05) is 10.8 Å². The molecule has 2 aliphatic carbocycles. The van der Waals surface area contributed by atoms with E-state index in [1.54, 1.807) is 0 Å². The van der Waals surface area contributed by atoms with E-state index in [0.29, 0.717) is 0 Å². The van der Waals surface area contributed by atoms with E-state index >= 15 is 0 Å². The second-order valence-corrected chi connectivity index (χ2v) is 13.2. The Bertz CT molecular complexity index is 2470. The van der Waals surface area contributed by atoms with Crippen molar-refractivity contribution in [2.45, 2.75) is 33.1 Å². The topological polar surface area (TPSA) is 13.1 Å². The molecule has 0 bridgehead atoms. The number of benzene rings is 8. The fourth-order valence-electron chi connectivity index (χ4n) is 7.48. The Labute approximate surface area is 294 Å². The minimum absolute atomic E-state index is 0.962. The molecule has 1 nitrogen and oxygen atoms in total. The third-order valence-corrected chi connectivity index (χ3v) is 10.2. The van der Waals surface area contributed by atoms with E-state index < -0.39 is 0 Å². The Morgan fingerprint density at radius 1 is 0.380 bits per heavy atom. The predicted molar refractivity (Wildman–Crippen MR) is 213 cm³/mol. The minimum atomic E-state index is 0.962. The number of rotatable bonds is 0. The highest BCUT2D eigenvalue weighted by atomic mass is 16.3. The van der Waals surface area contributed by atoms with Gasteiger partial charge in [-0.1, -0.05) is 158 Å². The molecule has 0 radical (unpaired) electrons. The van der Waals surface area contributed by atoms with Crippen molar-refractivity contribution in [3.63, 3.8) is 0 Å². The molecular weight excluding hydrogens is 605 g/mol. The fourth-order valence-corrected chi connectivity index (χ4v) is 7.48. The van der Waals surface area contributed by atoms with Crippen LogP contribution in [0.25, 0.3) is 54.6 Å². The van der Waals surface area contributed by atoms with E-state index in [9.17, 15) is 0 Å². The molecule has 1 heteroatoms. The maximum atomic E-state index is 5.65. The zero-order chi connectivity index (χ0) is 33.9. The molecule has 1 heterocycles. The molecule has 0 N–H and O–H groups in total. The second-order valence-electron chi connectivity index (χ2n) is 13.2. The minimum Gasteiger partial charge on any atom is -0.456 e. The Morgan fingerprint density at radius 2 is 0.840 bits per heavy atom. The lowest BCUT2D eigenvalue weighted by atomic mass is 10.0. The number of furan rings is 1. The van der Waals surface area contributed by atoms with E-state index in [2.05, 4.69) is 147 Å². The second kappa shape index (κ2) is 13.9. The van der Waals surface area contributed by atoms with Gasteiger partial charge in [0.2, 0.25) is 0 Å². The molecule has 0 atom stereocenters. The lowest BCUT2D eigenvalue weighted by Crippen LogP contribution is -1.82. The quantitative estimate of drug-likeness (QED) is 0.160. The lowest BCUT2D eigenvalue weighted by molar-refractivity contribution is 0.669. The van der Waals surface area contributed by atoms with Gasteiger partial charge in [0.25, 0.3) is 0 Å². The average molecular weight is 645 g/mol. The first-order chi connectivity index (χ1) is 24.6. The van der Waals surface area contributed by atoms with Crippen LogP contribution in [0.2, 0.25) is 0 Å². The normalized spacial score (nSPS) is 12.0. The number of fused-ring (bicyclic) bond motifs is 7. The predicted octanol–water partition coefficient (Wildman–Crippen LogP) is 13.2. The van der Waals surface area contributed by atoms with Crippen molar-refractivity contribution >= 4 is 43.5 Å². The Morgan fingerprint density at radius 3 is 1.44 bits per heavy atom. The molecule has 0 amide bonds. The van der Waals surface area contributed by atoms with Crippen LogP contribution in [-0.4, -0.2) is 0 Å². The van der Waals surface area contributed by atoms with Crippen LogP contribution >= 0.6 is 0 Å². The monoisotopic (exact) mass is 644 g/mol. The summed E-state index contributed by atoms with van der Waals surface area (Å²) in [5, 5.41) is 8.01. The molecule has 0 unspecified atom stereocenters. The highest BCUT2D eigenvalue weighted by molar-refractivity contribution is 6.04. The van der Waals surface area contributed by atoms with Gasteiger partial charge in [-0.05, 0) is 111 Å². The Balaban J connectivity index is 0.0000000964. The van der Waals surface area contributed by atoms with Crippen LogP contribution in [0.4, 0.5) is 0 Å². The molecule has 8 aromatic carbocycles. The third kappa shape index (κ3) is 6.19. The van der Waals surface area contributed by atoms with Crippen LogP contribution in [-0.2, 0) is 19.3 Å². The zero-order valence-electron chi connectivity index (χ0n) is 28.7. The molecule has 0 saturated heterocycles. The Kier molecular flexibility index (Phi) is 8.72. The van der Waals surface area contributed by atoms with Crippen molar-refractivity contribution in [3.05, 3.63) is 203 Å². The van der Waals surface area contributed by atoms with Crippen LogP contribution in [0.3, 0.4) is 0 Å². The summed E-state index contributed by atoms with van der Waals surface area (Å²) in [7, 11) is 0. The van der Waals surface area contributed by atoms with Crippen molar-refractivity contribution < 1.29 is 4.42 Å². The number of para-hydroxylation sites is 2. The van der Waals surface area contributed by atoms with Crippen molar-refractivity contribution in [2.75, 3.05) is 0 Å². The van der Waals surface area contributed by atoms with Gasteiger partial charge >= 0.3 is 0 Å². The summed E-state index contributed by atoms with van der Waals surface area (Å²) in [6.07, 6.45) is 3.57. The number of hydrogen-bond donors (Lipinski definition) is 0. The molecule has 0 saturated carbocycles. The zero-order valence-corrected chi connectivity index (χ0v) is 28.7. The summed E-state index contributed by atoms with van der Waals surface area (Å²) >= 11 is 0. The van der Waals surface area contributed by atoms with Gasteiger partial charge in [0.1, 0.15) is 11.2 Å². The standard InChI is InChI=1S/C13H10.C12H8O.C12H10.C12H12/c1-3-7-12-10(5-1)9-11-6-2-4-8-13(11)12;1-3-7-11-9(5-1)10-6-2-4-8-12(10)13-11;1-3-9-4-2-6-11-8-7-10(5-1)12(9)11;1-9-7-8-11-5-3-4-6-12(11)10(9)2/h1-8H,9H2;1-8H;1-6H,7-8H2;3-8H,1-2H3. The summed E-state index contributed by atoms with van der Waals surface area (Å²) in [6.45, 7) is 4.33. The van der Waals surface area contributed by atoms with E-state index in [4.69, 9.17) is 4.42 Å². The number of aryl methyl sites for hydroxylation is 4. The first-order valence-electron chi connectivity index (χ1n) is 17.6. The molecule has 1 aromatic heterocycles. The molecule has 50 heavy (non-hydrogen) atoms.